The van der Waals surface area contributed by atoms with Crippen LogP contribution in [0.2, 0.25) is 0 Å². The molecule has 1 aliphatic carbocycles. The van der Waals surface area contributed by atoms with Gasteiger partial charge in [-0.15, -0.1) is 0 Å². The lowest BCUT2D eigenvalue weighted by Crippen LogP contribution is -2.54. The predicted octanol–water partition coefficient (Wildman–Crippen LogP) is 3.66. The first kappa shape index (κ1) is 19.7. The van der Waals surface area contributed by atoms with Gasteiger partial charge in [0, 0.05) is 38.4 Å². The zero-order chi connectivity index (χ0) is 22.2. The van der Waals surface area contributed by atoms with Crippen molar-refractivity contribution in [2.45, 2.75) is 44.3 Å². The highest BCUT2D eigenvalue weighted by atomic mass is 19.1. The number of fused-ring (bicyclic) bond motifs is 5. The summed E-state index contributed by atoms with van der Waals surface area (Å²) in [7, 11) is 3.64. The highest BCUT2D eigenvalue weighted by Gasteiger charge is 2.45. The van der Waals surface area contributed by atoms with E-state index in [0.717, 1.165) is 59.2 Å². The Kier molecular flexibility index (Phi) is 4.18. The molecule has 7 heteroatoms. The van der Waals surface area contributed by atoms with E-state index in [-0.39, 0.29) is 17.8 Å². The van der Waals surface area contributed by atoms with Gasteiger partial charge in [-0.1, -0.05) is 6.07 Å². The number of amides is 1. The fourth-order valence-electron chi connectivity index (χ4n) is 5.54. The van der Waals surface area contributed by atoms with Crippen LogP contribution in [0.4, 0.5) is 4.39 Å². The minimum absolute atomic E-state index is 0.0174. The van der Waals surface area contributed by atoms with Crippen molar-refractivity contribution in [2.24, 2.45) is 7.05 Å². The second-order valence-electron chi connectivity index (χ2n) is 9.28. The number of carbonyl (C=O) groups is 1. The Morgan fingerprint density at radius 3 is 2.81 bits per heavy atom. The quantitative estimate of drug-likeness (QED) is 0.617. The minimum Gasteiger partial charge on any atom is -0.480 e. The fourth-order valence-corrected chi connectivity index (χ4v) is 5.54. The molecule has 3 heterocycles. The summed E-state index contributed by atoms with van der Waals surface area (Å²) < 4.78 is 28.0. The van der Waals surface area contributed by atoms with E-state index in [1.54, 1.807) is 13.2 Å². The van der Waals surface area contributed by atoms with E-state index in [4.69, 9.17) is 14.5 Å². The summed E-state index contributed by atoms with van der Waals surface area (Å²) in [6.45, 7) is 3.17. The molecule has 166 valence electrons. The van der Waals surface area contributed by atoms with Gasteiger partial charge in [0.15, 0.2) is 5.75 Å². The third kappa shape index (κ3) is 2.67. The molecular formula is C25H26FN3O3. The van der Waals surface area contributed by atoms with Gasteiger partial charge < -0.3 is 18.9 Å². The average Bonchev–Trinajstić information content (AvgIpc) is 3.24. The highest BCUT2D eigenvalue weighted by molar-refractivity contribution is 6.02. The lowest BCUT2D eigenvalue weighted by Gasteiger charge is -2.40. The number of aromatic nitrogens is 2. The maximum absolute atomic E-state index is 13.8. The van der Waals surface area contributed by atoms with Crippen LogP contribution in [-0.2, 0) is 30.2 Å². The van der Waals surface area contributed by atoms with E-state index in [1.165, 1.54) is 6.07 Å². The van der Waals surface area contributed by atoms with Crippen LogP contribution in [0.5, 0.6) is 5.75 Å². The molecular weight excluding hydrogens is 409 g/mol. The van der Waals surface area contributed by atoms with Crippen molar-refractivity contribution in [1.29, 1.82) is 0 Å². The monoisotopic (exact) mass is 435 g/mol. The molecule has 1 amide bonds. The van der Waals surface area contributed by atoms with Crippen molar-refractivity contribution >= 4 is 16.9 Å². The number of nitrogens with zero attached hydrogens (tertiary/aromatic N) is 3. The number of aryl methyl sites for hydroxylation is 3. The van der Waals surface area contributed by atoms with Gasteiger partial charge in [-0.05, 0) is 61.9 Å². The second kappa shape index (κ2) is 6.78. The third-order valence-corrected chi connectivity index (χ3v) is 7.59. The summed E-state index contributed by atoms with van der Waals surface area (Å²) in [5.74, 6) is 1.38. The molecule has 2 aliphatic heterocycles. The van der Waals surface area contributed by atoms with E-state index in [1.807, 2.05) is 35.6 Å². The molecule has 1 atom stereocenters. The minimum atomic E-state index is -0.492. The van der Waals surface area contributed by atoms with E-state index >= 15 is 0 Å². The van der Waals surface area contributed by atoms with Crippen LogP contribution in [0, 0.1) is 12.7 Å². The Morgan fingerprint density at radius 1 is 1.25 bits per heavy atom. The van der Waals surface area contributed by atoms with Crippen molar-refractivity contribution in [2.75, 3.05) is 20.2 Å². The maximum Gasteiger partial charge on any atom is 0.254 e. The molecule has 1 aromatic heterocycles. The first-order chi connectivity index (χ1) is 15.4. The molecule has 0 N–H and O–H groups in total. The molecule has 32 heavy (non-hydrogen) atoms. The van der Waals surface area contributed by atoms with Gasteiger partial charge in [-0.25, -0.2) is 9.37 Å². The lowest BCUT2D eigenvalue weighted by molar-refractivity contribution is -0.0194. The third-order valence-electron chi connectivity index (χ3n) is 7.59. The molecule has 6 nitrogen and oxygen atoms in total. The molecule has 2 aromatic carbocycles. The van der Waals surface area contributed by atoms with Crippen molar-refractivity contribution < 1.29 is 18.7 Å². The summed E-state index contributed by atoms with van der Waals surface area (Å²) in [6, 6.07) is 6.97. The van der Waals surface area contributed by atoms with Crippen molar-refractivity contribution in [3.8, 4) is 5.75 Å². The van der Waals surface area contributed by atoms with Crippen LogP contribution in [0.15, 0.2) is 24.3 Å². The summed E-state index contributed by atoms with van der Waals surface area (Å²) in [5, 5.41) is 0. The molecule has 3 aliphatic rings. The zero-order valence-electron chi connectivity index (χ0n) is 18.6. The second-order valence-corrected chi connectivity index (χ2v) is 9.28. The topological polar surface area (TPSA) is 56.6 Å². The summed E-state index contributed by atoms with van der Waals surface area (Å²) in [5.41, 5.74) is 4.90. The molecule has 0 saturated carbocycles. The summed E-state index contributed by atoms with van der Waals surface area (Å²) in [6.07, 6.45) is 3.18. The van der Waals surface area contributed by atoms with Crippen LogP contribution >= 0.6 is 0 Å². The van der Waals surface area contributed by atoms with Crippen LogP contribution in [0.1, 0.15) is 45.7 Å². The van der Waals surface area contributed by atoms with E-state index in [0.29, 0.717) is 24.4 Å². The average molecular weight is 435 g/mol. The molecule has 3 aromatic rings. The number of hydrogen-bond donors (Lipinski definition) is 0. The normalized spacial score (nSPS) is 22.1. The molecule has 6 rings (SSSR count). The number of likely N-dealkylation sites (tertiary alicyclic amines) is 1. The van der Waals surface area contributed by atoms with E-state index in [2.05, 4.69) is 0 Å². The van der Waals surface area contributed by atoms with Crippen LogP contribution in [0.3, 0.4) is 0 Å². The van der Waals surface area contributed by atoms with Crippen LogP contribution in [-0.4, -0.2) is 46.7 Å². The number of carbonyl (C=O) groups excluding carboxylic acids is 1. The number of benzene rings is 2. The van der Waals surface area contributed by atoms with Crippen LogP contribution in [0.25, 0.3) is 11.0 Å². The maximum atomic E-state index is 13.8. The van der Waals surface area contributed by atoms with Gasteiger partial charge in [0.05, 0.1) is 11.6 Å². The lowest BCUT2D eigenvalue weighted by atomic mass is 9.84. The van der Waals surface area contributed by atoms with E-state index in [9.17, 15) is 9.18 Å². The van der Waals surface area contributed by atoms with Gasteiger partial charge in [0.2, 0.25) is 0 Å². The number of halogens is 1. The summed E-state index contributed by atoms with van der Waals surface area (Å²) in [4.78, 5) is 20.0. The van der Waals surface area contributed by atoms with Gasteiger partial charge in [0.25, 0.3) is 5.91 Å². The highest BCUT2D eigenvalue weighted by Crippen LogP contribution is 2.50. The number of rotatable bonds is 2. The number of imidazole rings is 1. The Morgan fingerprint density at radius 2 is 2.03 bits per heavy atom. The van der Waals surface area contributed by atoms with Gasteiger partial charge in [-0.3, -0.25) is 4.79 Å². The Hall–Kier alpha value is -2.93. The number of ether oxygens (including phenoxy) is 2. The van der Waals surface area contributed by atoms with Crippen molar-refractivity contribution in [1.82, 2.24) is 14.5 Å². The number of methoxy groups -OCH3 is 1. The Bertz CT molecular complexity index is 1280. The standard InChI is InChI=1S/C25H26FN3O3/c1-14-27-22-21(28(14)2)11-19(24(30)29-12-17(13-29)31-3)18-7-9-25(32-23(18)22)8-6-15-10-16(26)4-5-20(15)25/h4-5,10-11,17H,6-9,12-13H2,1-3H3. The SMILES string of the molecule is COC1CN(C(=O)c2cc3c(nc(C)n3C)c3c2CCC2(CCc4cc(F)ccc42)O3)C1. The van der Waals surface area contributed by atoms with Gasteiger partial charge in [0.1, 0.15) is 22.8 Å². The fraction of sp³-hybridized carbons (Fsp3) is 0.440. The molecule has 1 fully saturated rings. The van der Waals surface area contributed by atoms with Gasteiger partial charge in [-0.2, -0.15) is 0 Å². The summed E-state index contributed by atoms with van der Waals surface area (Å²) >= 11 is 0. The first-order valence-electron chi connectivity index (χ1n) is 11.2. The molecule has 0 bridgehead atoms. The molecule has 0 radical (unpaired) electrons. The Balaban J connectivity index is 1.48. The van der Waals surface area contributed by atoms with Crippen molar-refractivity contribution in [3.63, 3.8) is 0 Å². The predicted molar refractivity (Wildman–Crippen MR) is 117 cm³/mol. The smallest absolute Gasteiger partial charge is 0.254 e. The molecule has 1 saturated heterocycles. The molecule has 1 spiro atoms. The van der Waals surface area contributed by atoms with Gasteiger partial charge >= 0.3 is 0 Å². The van der Waals surface area contributed by atoms with Crippen molar-refractivity contribution in [3.05, 3.63) is 58.2 Å². The zero-order valence-corrected chi connectivity index (χ0v) is 18.6. The Labute approximate surface area is 185 Å². The molecule has 1 unspecified atom stereocenters. The number of hydrogen-bond acceptors (Lipinski definition) is 4. The van der Waals surface area contributed by atoms with E-state index < -0.39 is 5.60 Å². The first-order valence-corrected chi connectivity index (χ1v) is 11.2. The largest absolute Gasteiger partial charge is 0.480 e. The van der Waals surface area contributed by atoms with Crippen LogP contribution < -0.4 is 4.74 Å².